The average molecular weight is 317 g/mol. The zero-order chi connectivity index (χ0) is 16.4. The number of carboxylic acids is 1. The summed E-state index contributed by atoms with van der Waals surface area (Å²) in [6.07, 6.45) is 1.02. The highest BCUT2D eigenvalue weighted by Gasteiger charge is 2.22. The van der Waals surface area contributed by atoms with Crippen molar-refractivity contribution in [3.05, 3.63) is 27.4 Å². The van der Waals surface area contributed by atoms with Crippen LogP contribution in [0.1, 0.15) is 29.8 Å². The summed E-state index contributed by atoms with van der Waals surface area (Å²) in [6, 6.07) is 0. The molecule has 0 saturated heterocycles. The summed E-state index contributed by atoms with van der Waals surface area (Å²) >= 11 is 0. The van der Waals surface area contributed by atoms with E-state index in [9.17, 15) is 18.0 Å². The van der Waals surface area contributed by atoms with E-state index in [2.05, 4.69) is 9.71 Å². The van der Waals surface area contributed by atoms with Crippen LogP contribution in [-0.2, 0) is 21.4 Å². The first-order chi connectivity index (χ1) is 9.54. The number of aryl methyl sites for hydroxylation is 1. The molecular weight excluding hydrogens is 298 g/mol. The largest absolute Gasteiger partial charge is 0.481 e. The molecule has 9 heteroatoms. The summed E-state index contributed by atoms with van der Waals surface area (Å²) in [5, 5.41) is 9.12. The van der Waals surface area contributed by atoms with Gasteiger partial charge in [-0.3, -0.25) is 9.36 Å². The quantitative estimate of drug-likeness (QED) is 0.737. The van der Waals surface area contributed by atoms with Crippen LogP contribution in [0, 0.1) is 13.8 Å². The lowest BCUT2D eigenvalue weighted by Gasteiger charge is -2.18. The van der Waals surface area contributed by atoms with E-state index < -0.39 is 27.6 Å². The van der Waals surface area contributed by atoms with E-state index in [-0.39, 0.29) is 13.1 Å². The molecule has 0 bridgehead atoms. The minimum atomic E-state index is -3.35. The van der Waals surface area contributed by atoms with Gasteiger partial charge in [0.05, 0.1) is 12.2 Å². The number of sulfonamides is 1. The maximum atomic E-state index is 11.9. The van der Waals surface area contributed by atoms with Gasteiger partial charge in [0, 0.05) is 30.0 Å². The third-order valence-corrected chi connectivity index (χ3v) is 3.91. The maximum Gasteiger partial charge on any atom is 0.348 e. The van der Waals surface area contributed by atoms with Crippen LogP contribution in [0.3, 0.4) is 0 Å². The van der Waals surface area contributed by atoms with Gasteiger partial charge >= 0.3 is 11.7 Å². The van der Waals surface area contributed by atoms with E-state index in [4.69, 9.17) is 5.11 Å². The average Bonchev–Trinajstić information content (AvgIpc) is 2.31. The fraction of sp³-hybridized carbons (Fsp3) is 0.583. The van der Waals surface area contributed by atoms with Crippen molar-refractivity contribution in [1.82, 2.24) is 14.3 Å². The fourth-order valence-electron chi connectivity index (χ4n) is 2.17. The molecular formula is C12H19N3O5S. The first-order valence-electron chi connectivity index (χ1n) is 6.30. The van der Waals surface area contributed by atoms with Crippen molar-refractivity contribution in [2.45, 2.75) is 33.2 Å². The van der Waals surface area contributed by atoms with Gasteiger partial charge in [-0.25, -0.2) is 17.9 Å². The van der Waals surface area contributed by atoms with Crippen LogP contribution in [-0.4, -0.2) is 41.8 Å². The van der Waals surface area contributed by atoms with Gasteiger partial charge < -0.3 is 5.11 Å². The summed E-state index contributed by atoms with van der Waals surface area (Å²) in [5.41, 5.74) is 0.806. The van der Waals surface area contributed by atoms with Gasteiger partial charge in [0.2, 0.25) is 10.0 Å². The molecule has 1 heterocycles. The van der Waals surface area contributed by atoms with Crippen molar-refractivity contribution in [2.24, 2.45) is 0 Å². The molecule has 1 unspecified atom stereocenters. The summed E-state index contributed by atoms with van der Waals surface area (Å²) in [4.78, 5) is 26.8. The Morgan fingerprint density at radius 2 is 2.00 bits per heavy atom. The molecule has 1 aromatic heterocycles. The van der Waals surface area contributed by atoms with E-state index in [0.717, 1.165) is 6.26 Å². The molecule has 21 heavy (non-hydrogen) atoms. The summed E-state index contributed by atoms with van der Waals surface area (Å²) in [7, 11) is -3.35. The van der Waals surface area contributed by atoms with Crippen molar-refractivity contribution >= 4 is 16.0 Å². The molecule has 0 amide bonds. The lowest BCUT2D eigenvalue weighted by atomic mass is 9.98. The Kier molecular flexibility index (Phi) is 5.24. The van der Waals surface area contributed by atoms with Crippen molar-refractivity contribution in [2.75, 3.05) is 12.8 Å². The smallest absolute Gasteiger partial charge is 0.348 e. The van der Waals surface area contributed by atoms with Crippen LogP contribution in [0.4, 0.5) is 0 Å². The van der Waals surface area contributed by atoms with Crippen LogP contribution in [0.2, 0.25) is 0 Å². The summed E-state index contributed by atoms with van der Waals surface area (Å²) in [5.74, 6) is -1.81. The molecule has 118 valence electrons. The molecule has 0 spiro atoms. The number of aliphatic carboxylic acids is 1. The predicted molar refractivity (Wildman–Crippen MR) is 76.9 cm³/mol. The Bertz CT molecular complexity index is 708. The molecule has 0 fully saturated rings. The number of nitrogens with zero attached hydrogens (tertiary/aromatic N) is 2. The highest BCUT2D eigenvalue weighted by atomic mass is 32.2. The van der Waals surface area contributed by atoms with Crippen LogP contribution < -0.4 is 10.4 Å². The number of nitrogens with one attached hydrogen (secondary N) is 1. The van der Waals surface area contributed by atoms with Crippen LogP contribution in [0.25, 0.3) is 0 Å². The molecule has 0 saturated carbocycles. The van der Waals surface area contributed by atoms with Gasteiger partial charge in [-0.15, -0.1) is 0 Å². The molecule has 1 rings (SSSR count). The topological polar surface area (TPSA) is 118 Å². The highest BCUT2D eigenvalue weighted by Crippen LogP contribution is 2.21. The number of aromatic nitrogens is 2. The molecule has 0 aliphatic carbocycles. The summed E-state index contributed by atoms with van der Waals surface area (Å²) in [6.45, 7) is 4.85. The van der Waals surface area contributed by atoms with Gasteiger partial charge in [0.1, 0.15) is 0 Å². The second-order valence-electron chi connectivity index (χ2n) is 4.86. The standard InChI is InChI=1S/C12H19N3O5S/c1-7(11(16)17)10-8(2)14-12(18)15(9(10)3)6-5-13-21(4,19)20/h7,13H,5-6H2,1-4H3,(H,16,17). The molecule has 0 aromatic carbocycles. The Morgan fingerprint density at radius 3 is 2.48 bits per heavy atom. The molecule has 0 aliphatic rings. The van der Waals surface area contributed by atoms with Crippen LogP contribution >= 0.6 is 0 Å². The second kappa shape index (κ2) is 6.35. The third kappa shape index (κ3) is 4.36. The monoisotopic (exact) mass is 317 g/mol. The lowest BCUT2D eigenvalue weighted by Crippen LogP contribution is -2.34. The number of carboxylic acid groups (broad SMARTS) is 1. The maximum absolute atomic E-state index is 11.9. The minimum absolute atomic E-state index is 0.0329. The number of hydrogen-bond donors (Lipinski definition) is 2. The Balaban J connectivity index is 3.19. The van der Waals surface area contributed by atoms with E-state index in [1.54, 1.807) is 13.8 Å². The molecule has 1 atom stereocenters. The summed E-state index contributed by atoms with van der Waals surface area (Å²) < 4.78 is 25.6. The number of carbonyl (C=O) groups is 1. The van der Waals surface area contributed by atoms with E-state index >= 15 is 0 Å². The third-order valence-electron chi connectivity index (χ3n) is 3.18. The van der Waals surface area contributed by atoms with Gasteiger partial charge in [-0.2, -0.15) is 4.98 Å². The number of rotatable bonds is 6. The van der Waals surface area contributed by atoms with Crippen LogP contribution in [0.5, 0.6) is 0 Å². The van der Waals surface area contributed by atoms with Crippen molar-refractivity contribution < 1.29 is 18.3 Å². The lowest BCUT2D eigenvalue weighted by molar-refractivity contribution is -0.138. The van der Waals surface area contributed by atoms with Gasteiger partial charge in [0.15, 0.2) is 0 Å². The molecule has 2 N–H and O–H groups in total. The van der Waals surface area contributed by atoms with E-state index in [0.29, 0.717) is 17.0 Å². The Hall–Kier alpha value is -1.74. The molecule has 1 aromatic rings. The normalized spacial score (nSPS) is 13.1. The van der Waals surface area contributed by atoms with E-state index in [1.807, 2.05) is 0 Å². The Morgan fingerprint density at radius 1 is 1.43 bits per heavy atom. The molecule has 0 radical (unpaired) electrons. The zero-order valence-electron chi connectivity index (χ0n) is 12.4. The van der Waals surface area contributed by atoms with Crippen LogP contribution in [0.15, 0.2) is 4.79 Å². The minimum Gasteiger partial charge on any atom is -0.481 e. The van der Waals surface area contributed by atoms with E-state index in [1.165, 1.54) is 11.5 Å². The highest BCUT2D eigenvalue weighted by molar-refractivity contribution is 7.88. The Labute approximate surface area is 122 Å². The first-order valence-corrected chi connectivity index (χ1v) is 8.19. The van der Waals surface area contributed by atoms with Gasteiger partial charge in [-0.05, 0) is 20.8 Å². The zero-order valence-corrected chi connectivity index (χ0v) is 13.2. The molecule has 0 aliphatic heterocycles. The molecule has 8 nitrogen and oxygen atoms in total. The van der Waals surface area contributed by atoms with Gasteiger partial charge in [-0.1, -0.05) is 0 Å². The van der Waals surface area contributed by atoms with Crippen molar-refractivity contribution in [1.29, 1.82) is 0 Å². The van der Waals surface area contributed by atoms with Gasteiger partial charge in [0.25, 0.3) is 0 Å². The predicted octanol–water partition coefficient (Wildman–Crippen LogP) is -0.403. The van der Waals surface area contributed by atoms with Crippen molar-refractivity contribution in [3.8, 4) is 0 Å². The number of hydrogen-bond acceptors (Lipinski definition) is 5. The van der Waals surface area contributed by atoms with Crippen molar-refractivity contribution in [3.63, 3.8) is 0 Å². The fourth-order valence-corrected chi connectivity index (χ4v) is 2.63. The second-order valence-corrected chi connectivity index (χ2v) is 6.69. The SMILES string of the molecule is Cc1nc(=O)n(CCNS(C)(=O)=O)c(C)c1C(C)C(=O)O. The first kappa shape index (κ1) is 17.3.